The Morgan fingerprint density at radius 2 is 1.93 bits per heavy atom. The molecule has 4 rings (SSSR count). The Kier molecular flexibility index (Phi) is 6.94. The van der Waals surface area contributed by atoms with Crippen molar-refractivity contribution in [3.63, 3.8) is 0 Å². The van der Waals surface area contributed by atoms with E-state index in [4.69, 9.17) is 16.3 Å². The number of benzene rings is 2. The number of thioether (sulfide) groups is 1. The molecule has 1 amide bonds. The molecule has 1 heterocycles. The molecule has 2 aliphatic rings. The van der Waals surface area contributed by atoms with Crippen molar-refractivity contribution in [1.82, 2.24) is 5.32 Å². The molecule has 1 aliphatic carbocycles. The van der Waals surface area contributed by atoms with Crippen LogP contribution in [0.25, 0.3) is 0 Å². The maximum atomic E-state index is 12.5. The monoisotopic (exact) mass is 443 g/mol. The zero-order valence-corrected chi connectivity index (χ0v) is 19.2. The van der Waals surface area contributed by atoms with Crippen molar-refractivity contribution in [2.75, 3.05) is 12.3 Å². The number of carbonyl (C=O) groups excluding carboxylic acids is 1. The molecule has 1 unspecified atom stereocenters. The number of carbonyl (C=O) groups is 1. The summed E-state index contributed by atoms with van der Waals surface area (Å²) in [6.45, 7) is 2.77. The number of fused-ring (bicyclic) bond motifs is 1. The Balaban J connectivity index is 1.34. The summed E-state index contributed by atoms with van der Waals surface area (Å²) in [4.78, 5) is 12.5. The van der Waals surface area contributed by atoms with Crippen LogP contribution in [0.3, 0.4) is 0 Å². The third-order valence-corrected chi connectivity index (χ3v) is 7.73. The Labute approximate surface area is 188 Å². The highest BCUT2D eigenvalue weighted by molar-refractivity contribution is 8.00. The van der Waals surface area contributed by atoms with Gasteiger partial charge in [-0.3, -0.25) is 4.79 Å². The number of halogens is 1. The lowest BCUT2D eigenvalue weighted by molar-refractivity contribution is -0.118. The van der Waals surface area contributed by atoms with Crippen LogP contribution in [0, 0.1) is 6.92 Å². The van der Waals surface area contributed by atoms with E-state index in [0.29, 0.717) is 17.5 Å². The lowest BCUT2D eigenvalue weighted by Crippen LogP contribution is -2.42. The van der Waals surface area contributed by atoms with Crippen LogP contribution in [-0.2, 0) is 11.2 Å². The van der Waals surface area contributed by atoms with Gasteiger partial charge in [-0.25, -0.2) is 0 Å². The van der Waals surface area contributed by atoms with Gasteiger partial charge in [-0.1, -0.05) is 47.9 Å². The van der Waals surface area contributed by atoms with Gasteiger partial charge in [-0.15, -0.1) is 11.8 Å². The second-order valence-electron chi connectivity index (χ2n) is 8.62. The quantitative estimate of drug-likeness (QED) is 0.572. The van der Waals surface area contributed by atoms with Crippen LogP contribution >= 0.6 is 23.4 Å². The lowest BCUT2D eigenvalue weighted by atomic mass is 9.78. The van der Waals surface area contributed by atoms with E-state index in [1.165, 1.54) is 36.0 Å². The number of ether oxygens (including phenoxy) is 1. The molecule has 5 heteroatoms. The number of hydrogen-bond donors (Lipinski definition) is 1. The van der Waals surface area contributed by atoms with E-state index in [-0.39, 0.29) is 11.5 Å². The van der Waals surface area contributed by atoms with Crippen molar-refractivity contribution in [2.45, 2.75) is 62.7 Å². The van der Waals surface area contributed by atoms with Gasteiger partial charge in [0.15, 0.2) is 0 Å². The Hall–Kier alpha value is -1.65. The predicted molar refractivity (Wildman–Crippen MR) is 126 cm³/mol. The molecule has 1 saturated carbocycles. The SMILES string of the molecule is Cc1ccc2c(c1)C(SCC(=O)NCCc1ccc(Cl)cc1)CC1(CCCCC1)O2. The number of rotatable bonds is 6. The molecule has 0 radical (unpaired) electrons. The standard InChI is InChI=1S/C25H30ClNO2S/c1-18-5-10-22-21(15-18)23(16-25(29-22)12-3-2-4-13-25)30-17-24(28)27-14-11-19-6-8-20(26)9-7-19/h5-10,15,23H,2-4,11-14,16-17H2,1H3,(H,27,28). The fraction of sp³-hybridized carbons (Fsp3) is 0.480. The fourth-order valence-corrected chi connectivity index (χ4v) is 5.98. The van der Waals surface area contributed by atoms with E-state index in [0.717, 1.165) is 36.5 Å². The van der Waals surface area contributed by atoms with Crippen molar-refractivity contribution in [2.24, 2.45) is 0 Å². The van der Waals surface area contributed by atoms with E-state index >= 15 is 0 Å². The zero-order valence-electron chi connectivity index (χ0n) is 17.6. The summed E-state index contributed by atoms with van der Waals surface area (Å²) in [6.07, 6.45) is 7.87. The Morgan fingerprint density at radius 1 is 1.17 bits per heavy atom. The van der Waals surface area contributed by atoms with E-state index in [1.807, 2.05) is 24.3 Å². The third kappa shape index (κ3) is 5.33. The van der Waals surface area contributed by atoms with Gasteiger partial charge in [-0.2, -0.15) is 0 Å². The molecule has 3 nitrogen and oxygen atoms in total. The molecule has 0 saturated heterocycles. The highest BCUT2D eigenvalue weighted by Gasteiger charge is 2.42. The molecule has 0 aromatic heterocycles. The number of nitrogens with one attached hydrogen (secondary N) is 1. The molecule has 2 aromatic carbocycles. The summed E-state index contributed by atoms with van der Waals surface area (Å²) in [5, 5.41) is 4.12. The molecule has 0 bridgehead atoms. The van der Waals surface area contributed by atoms with Gasteiger partial charge >= 0.3 is 0 Å². The molecule has 30 heavy (non-hydrogen) atoms. The molecule has 1 N–H and O–H groups in total. The van der Waals surface area contributed by atoms with Gasteiger partial charge in [0, 0.05) is 28.8 Å². The Morgan fingerprint density at radius 3 is 2.70 bits per heavy atom. The van der Waals surface area contributed by atoms with Gasteiger partial charge in [0.2, 0.25) is 5.91 Å². The lowest BCUT2D eigenvalue weighted by Gasteiger charge is -2.44. The number of hydrogen-bond acceptors (Lipinski definition) is 3. The van der Waals surface area contributed by atoms with Gasteiger partial charge in [0.25, 0.3) is 0 Å². The first-order valence-electron chi connectivity index (χ1n) is 11.0. The molecule has 1 atom stereocenters. The van der Waals surface area contributed by atoms with Crippen molar-refractivity contribution in [3.05, 3.63) is 64.2 Å². The minimum Gasteiger partial charge on any atom is -0.487 e. The summed E-state index contributed by atoms with van der Waals surface area (Å²) >= 11 is 7.69. The second-order valence-corrected chi connectivity index (χ2v) is 10.2. The third-order valence-electron chi connectivity index (χ3n) is 6.23. The summed E-state index contributed by atoms with van der Waals surface area (Å²) in [6, 6.07) is 14.3. The van der Waals surface area contributed by atoms with Gasteiger partial charge in [-0.05, 0) is 62.8 Å². The normalized spacial score (nSPS) is 19.7. The summed E-state index contributed by atoms with van der Waals surface area (Å²) in [7, 11) is 0. The van der Waals surface area contributed by atoms with E-state index in [9.17, 15) is 4.79 Å². The van der Waals surface area contributed by atoms with E-state index in [1.54, 1.807) is 11.8 Å². The van der Waals surface area contributed by atoms with Crippen molar-refractivity contribution >= 4 is 29.3 Å². The maximum Gasteiger partial charge on any atom is 0.230 e. The minimum absolute atomic E-state index is 0.0385. The van der Waals surface area contributed by atoms with Crippen LogP contribution in [0.15, 0.2) is 42.5 Å². The Bertz CT molecular complexity index is 877. The smallest absolute Gasteiger partial charge is 0.230 e. The topological polar surface area (TPSA) is 38.3 Å². The van der Waals surface area contributed by atoms with Crippen molar-refractivity contribution < 1.29 is 9.53 Å². The van der Waals surface area contributed by atoms with Crippen LogP contribution < -0.4 is 10.1 Å². The number of aryl methyl sites for hydroxylation is 1. The average molecular weight is 444 g/mol. The van der Waals surface area contributed by atoms with E-state index in [2.05, 4.69) is 30.4 Å². The molecule has 160 valence electrons. The van der Waals surface area contributed by atoms with Gasteiger partial charge in [0.1, 0.15) is 11.4 Å². The molecular formula is C25H30ClNO2S. The molecule has 1 aliphatic heterocycles. The first kappa shape index (κ1) is 21.6. The summed E-state index contributed by atoms with van der Waals surface area (Å²) in [5.41, 5.74) is 3.64. The van der Waals surface area contributed by atoms with Gasteiger partial charge in [0.05, 0.1) is 5.75 Å². The molecule has 2 aromatic rings. The first-order chi connectivity index (χ1) is 14.5. The van der Waals surface area contributed by atoms with E-state index < -0.39 is 0 Å². The van der Waals surface area contributed by atoms with Gasteiger partial charge < -0.3 is 10.1 Å². The van der Waals surface area contributed by atoms with Crippen molar-refractivity contribution in [3.8, 4) is 5.75 Å². The minimum atomic E-state index is -0.0385. The fourth-order valence-electron chi connectivity index (χ4n) is 4.61. The molecular weight excluding hydrogens is 414 g/mol. The molecule has 1 spiro atoms. The summed E-state index contributed by atoms with van der Waals surface area (Å²) in [5.74, 6) is 1.61. The van der Waals surface area contributed by atoms with Crippen LogP contribution in [0.1, 0.15) is 60.5 Å². The van der Waals surface area contributed by atoms with Crippen LogP contribution in [-0.4, -0.2) is 23.8 Å². The number of amides is 1. The highest BCUT2D eigenvalue weighted by Crippen LogP contribution is 2.51. The van der Waals surface area contributed by atoms with Crippen LogP contribution in [0.5, 0.6) is 5.75 Å². The van der Waals surface area contributed by atoms with Crippen molar-refractivity contribution in [1.29, 1.82) is 0 Å². The summed E-state index contributed by atoms with van der Waals surface area (Å²) < 4.78 is 6.55. The second kappa shape index (κ2) is 9.65. The largest absolute Gasteiger partial charge is 0.487 e. The van der Waals surface area contributed by atoms with Crippen LogP contribution in [0.2, 0.25) is 5.02 Å². The average Bonchev–Trinajstić information content (AvgIpc) is 2.74. The first-order valence-corrected chi connectivity index (χ1v) is 12.4. The maximum absolute atomic E-state index is 12.5. The highest BCUT2D eigenvalue weighted by atomic mass is 35.5. The molecule has 1 fully saturated rings. The predicted octanol–water partition coefficient (Wildman–Crippen LogP) is 6.27. The zero-order chi connectivity index (χ0) is 21.0. The van der Waals surface area contributed by atoms with Crippen LogP contribution in [0.4, 0.5) is 0 Å².